The van der Waals surface area contributed by atoms with Gasteiger partial charge < -0.3 is 9.64 Å². The lowest BCUT2D eigenvalue weighted by atomic mass is 10.1. The minimum absolute atomic E-state index is 0.184. The molecule has 0 radical (unpaired) electrons. The number of piperazine rings is 1. The van der Waals surface area contributed by atoms with E-state index in [2.05, 4.69) is 4.98 Å². The quantitative estimate of drug-likeness (QED) is 0.639. The molecule has 0 N–H and O–H groups in total. The first-order valence-corrected chi connectivity index (χ1v) is 11.6. The number of thiophene rings is 1. The number of esters is 1. The molecule has 0 aliphatic carbocycles. The van der Waals surface area contributed by atoms with Crippen molar-refractivity contribution in [2.45, 2.75) is 18.1 Å². The van der Waals surface area contributed by atoms with E-state index in [4.69, 9.17) is 16.3 Å². The number of aryl methyl sites for hydroxylation is 1. The lowest BCUT2D eigenvalue weighted by Crippen LogP contribution is -2.50. The number of pyridine rings is 1. The van der Waals surface area contributed by atoms with Crippen LogP contribution in [0.25, 0.3) is 0 Å². The Kier molecular flexibility index (Phi) is 6.57. The van der Waals surface area contributed by atoms with Crippen LogP contribution in [0, 0.1) is 6.92 Å². The van der Waals surface area contributed by atoms with Crippen LogP contribution in [-0.2, 0) is 14.8 Å². The van der Waals surface area contributed by atoms with E-state index in [9.17, 15) is 18.0 Å². The summed E-state index contributed by atoms with van der Waals surface area (Å²) in [5, 5.41) is 0. The second-order valence-corrected chi connectivity index (χ2v) is 10.2. The molecule has 1 aliphatic heterocycles. The summed E-state index contributed by atoms with van der Waals surface area (Å²) in [7, 11) is -3.62. The van der Waals surface area contributed by atoms with E-state index in [1.165, 1.54) is 22.5 Å². The molecule has 1 fully saturated rings. The van der Waals surface area contributed by atoms with Gasteiger partial charge in [0.1, 0.15) is 9.90 Å². The van der Waals surface area contributed by atoms with Crippen LogP contribution >= 0.6 is 22.9 Å². The summed E-state index contributed by atoms with van der Waals surface area (Å²) in [5.74, 6) is -0.788. The Hall–Kier alpha value is -2.01. The molecular formula is C18H20ClN3O5S2. The van der Waals surface area contributed by atoms with Gasteiger partial charge in [-0.3, -0.25) is 4.79 Å². The van der Waals surface area contributed by atoms with Crippen molar-refractivity contribution in [1.82, 2.24) is 14.2 Å². The summed E-state index contributed by atoms with van der Waals surface area (Å²) < 4.78 is 32.2. The Morgan fingerprint density at radius 3 is 2.41 bits per heavy atom. The molecule has 11 heteroatoms. The fourth-order valence-electron chi connectivity index (χ4n) is 2.96. The van der Waals surface area contributed by atoms with Crippen molar-refractivity contribution in [2.75, 3.05) is 32.8 Å². The van der Waals surface area contributed by atoms with E-state index in [1.807, 2.05) is 0 Å². The van der Waals surface area contributed by atoms with Crippen LogP contribution in [0.5, 0.6) is 0 Å². The topological polar surface area (TPSA) is 96.9 Å². The van der Waals surface area contributed by atoms with Crippen LogP contribution in [0.4, 0.5) is 0 Å². The number of ether oxygens (including phenoxy) is 1. The van der Waals surface area contributed by atoms with Gasteiger partial charge in [0, 0.05) is 26.2 Å². The van der Waals surface area contributed by atoms with Crippen molar-refractivity contribution in [3.8, 4) is 0 Å². The van der Waals surface area contributed by atoms with E-state index in [-0.39, 0.29) is 48.6 Å². The third kappa shape index (κ3) is 4.61. The molecule has 156 valence electrons. The Balaban J connectivity index is 1.67. The average Bonchev–Trinajstić information content (AvgIpc) is 3.15. The van der Waals surface area contributed by atoms with Gasteiger partial charge >= 0.3 is 5.97 Å². The molecule has 0 saturated carbocycles. The van der Waals surface area contributed by atoms with Crippen LogP contribution in [0.3, 0.4) is 0 Å². The van der Waals surface area contributed by atoms with Gasteiger partial charge in [0.2, 0.25) is 0 Å². The highest BCUT2D eigenvalue weighted by molar-refractivity contribution is 7.91. The van der Waals surface area contributed by atoms with Crippen LogP contribution in [0.2, 0.25) is 4.34 Å². The molecule has 29 heavy (non-hydrogen) atoms. The molecule has 2 aromatic rings. The maximum absolute atomic E-state index is 12.8. The second kappa shape index (κ2) is 8.78. The van der Waals surface area contributed by atoms with Gasteiger partial charge in [0.05, 0.1) is 22.2 Å². The molecule has 0 atom stereocenters. The summed E-state index contributed by atoms with van der Waals surface area (Å²) in [6, 6.07) is 6.04. The molecule has 3 heterocycles. The highest BCUT2D eigenvalue weighted by atomic mass is 35.5. The standard InChI is InChI=1S/C18H20ClN3O5S2/c1-3-27-18(24)13-4-5-14(20-12(13)2)17(23)21-8-10-22(11-9-21)29(25,26)16-7-6-15(19)28-16/h4-7H,3,8-11H2,1-2H3. The smallest absolute Gasteiger partial charge is 0.339 e. The minimum atomic E-state index is -3.62. The number of sulfonamides is 1. The summed E-state index contributed by atoms with van der Waals surface area (Å²) in [6.07, 6.45) is 0. The molecule has 1 amide bonds. The van der Waals surface area contributed by atoms with Gasteiger partial charge in [-0.1, -0.05) is 11.6 Å². The van der Waals surface area contributed by atoms with Crippen LogP contribution in [0.15, 0.2) is 28.5 Å². The number of carbonyl (C=O) groups is 2. The molecular weight excluding hydrogens is 438 g/mol. The zero-order valence-corrected chi connectivity index (χ0v) is 18.3. The van der Waals surface area contributed by atoms with E-state index in [0.717, 1.165) is 11.3 Å². The van der Waals surface area contributed by atoms with Crippen LogP contribution in [-0.4, -0.2) is 67.3 Å². The fourth-order valence-corrected chi connectivity index (χ4v) is 6.02. The monoisotopic (exact) mass is 457 g/mol. The fraction of sp³-hybridized carbons (Fsp3) is 0.389. The Morgan fingerprint density at radius 1 is 1.17 bits per heavy atom. The summed E-state index contributed by atoms with van der Waals surface area (Å²) in [4.78, 5) is 30.4. The number of nitrogens with zero attached hydrogens (tertiary/aromatic N) is 3. The third-order valence-electron chi connectivity index (χ3n) is 4.47. The first kappa shape index (κ1) is 21.7. The van der Waals surface area contributed by atoms with Gasteiger partial charge in [-0.25, -0.2) is 18.2 Å². The molecule has 1 saturated heterocycles. The number of halogens is 1. The number of hydrogen-bond donors (Lipinski definition) is 0. The Morgan fingerprint density at radius 2 is 1.86 bits per heavy atom. The Labute approximate surface area is 178 Å². The molecule has 0 bridgehead atoms. The highest BCUT2D eigenvalue weighted by Gasteiger charge is 2.32. The van der Waals surface area contributed by atoms with Crippen molar-refractivity contribution in [3.05, 3.63) is 45.6 Å². The minimum Gasteiger partial charge on any atom is -0.462 e. The third-order valence-corrected chi connectivity index (χ3v) is 8.07. The van der Waals surface area contributed by atoms with E-state index < -0.39 is 16.0 Å². The molecule has 3 rings (SSSR count). The number of aromatic nitrogens is 1. The lowest BCUT2D eigenvalue weighted by molar-refractivity contribution is 0.0523. The predicted octanol–water partition coefficient (Wildman–Crippen LogP) is 2.43. The zero-order valence-electron chi connectivity index (χ0n) is 15.9. The first-order valence-electron chi connectivity index (χ1n) is 8.93. The Bertz CT molecular complexity index is 1030. The number of hydrogen-bond acceptors (Lipinski definition) is 7. The molecule has 2 aromatic heterocycles. The summed E-state index contributed by atoms with van der Waals surface area (Å²) in [5.41, 5.74) is 0.927. The van der Waals surface area contributed by atoms with Gasteiger partial charge in [0.15, 0.2) is 0 Å². The zero-order chi connectivity index (χ0) is 21.2. The maximum Gasteiger partial charge on any atom is 0.339 e. The maximum atomic E-state index is 12.8. The predicted molar refractivity (Wildman–Crippen MR) is 109 cm³/mol. The van der Waals surface area contributed by atoms with Gasteiger partial charge in [-0.15, -0.1) is 11.3 Å². The highest BCUT2D eigenvalue weighted by Crippen LogP contribution is 2.28. The molecule has 0 aromatic carbocycles. The van der Waals surface area contributed by atoms with Crippen molar-refractivity contribution in [2.24, 2.45) is 0 Å². The normalized spacial score (nSPS) is 15.3. The number of rotatable bonds is 5. The van der Waals surface area contributed by atoms with Crippen LogP contribution < -0.4 is 0 Å². The number of amides is 1. The SMILES string of the molecule is CCOC(=O)c1ccc(C(=O)N2CCN(S(=O)(=O)c3ccc(Cl)s3)CC2)nc1C. The van der Waals surface area contributed by atoms with E-state index >= 15 is 0 Å². The molecule has 8 nitrogen and oxygen atoms in total. The number of carbonyl (C=O) groups excluding carboxylic acids is 2. The summed E-state index contributed by atoms with van der Waals surface area (Å²) in [6.45, 7) is 4.47. The summed E-state index contributed by atoms with van der Waals surface area (Å²) >= 11 is 6.85. The molecule has 1 aliphatic rings. The van der Waals surface area contributed by atoms with Crippen LogP contribution in [0.1, 0.15) is 33.5 Å². The van der Waals surface area contributed by atoms with E-state index in [0.29, 0.717) is 15.6 Å². The van der Waals surface area contributed by atoms with Gasteiger partial charge in [-0.2, -0.15) is 4.31 Å². The van der Waals surface area contributed by atoms with Crippen molar-refractivity contribution < 1.29 is 22.7 Å². The van der Waals surface area contributed by atoms with Crippen molar-refractivity contribution >= 4 is 44.8 Å². The van der Waals surface area contributed by atoms with Crippen molar-refractivity contribution in [1.29, 1.82) is 0 Å². The van der Waals surface area contributed by atoms with Gasteiger partial charge in [-0.05, 0) is 38.1 Å². The average molecular weight is 458 g/mol. The van der Waals surface area contributed by atoms with Crippen molar-refractivity contribution in [3.63, 3.8) is 0 Å². The van der Waals surface area contributed by atoms with Gasteiger partial charge in [0.25, 0.3) is 15.9 Å². The molecule has 0 unspecified atom stereocenters. The molecule has 0 spiro atoms. The second-order valence-electron chi connectivity index (χ2n) is 6.30. The van der Waals surface area contributed by atoms with E-state index in [1.54, 1.807) is 24.8 Å². The lowest BCUT2D eigenvalue weighted by Gasteiger charge is -2.33. The first-order chi connectivity index (χ1) is 13.7. The largest absolute Gasteiger partial charge is 0.462 e.